The number of pyridine rings is 1. The molecule has 0 aliphatic carbocycles. The van der Waals surface area contributed by atoms with E-state index in [-0.39, 0.29) is 30.8 Å². The third kappa shape index (κ3) is 4.34. The van der Waals surface area contributed by atoms with Crippen LogP contribution in [0, 0.1) is 12.7 Å². The zero-order chi connectivity index (χ0) is 18.6. The molecule has 0 radical (unpaired) electrons. The summed E-state index contributed by atoms with van der Waals surface area (Å²) >= 11 is 6.17. The number of halogens is 2. The molecule has 0 amide bonds. The number of aliphatic hydroxyl groups is 1. The van der Waals surface area contributed by atoms with Crippen LogP contribution in [-0.4, -0.2) is 42.1 Å². The maximum absolute atomic E-state index is 14.2. The Balaban J connectivity index is 2.32. The SMILES string of the molecule is Cc1ncc(CO)c(C=NC[C@@H](c2c(F)cccc2Cl)[NH+](C)C)c1O. The largest absolute Gasteiger partial charge is 0.505 e. The van der Waals surface area contributed by atoms with E-state index in [1.165, 1.54) is 18.5 Å². The second-order valence-electron chi connectivity index (χ2n) is 6.05. The lowest BCUT2D eigenvalue weighted by molar-refractivity contribution is -0.890. The van der Waals surface area contributed by atoms with Crippen molar-refractivity contribution in [2.24, 2.45) is 4.99 Å². The highest BCUT2D eigenvalue weighted by molar-refractivity contribution is 6.31. The molecule has 0 aliphatic rings. The van der Waals surface area contributed by atoms with Crippen molar-refractivity contribution in [2.45, 2.75) is 19.6 Å². The second kappa shape index (κ2) is 8.38. The zero-order valence-electron chi connectivity index (χ0n) is 14.4. The lowest BCUT2D eigenvalue weighted by Crippen LogP contribution is -3.06. The minimum atomic E-state index is -0.368. The number of quaternary nitrogens is 1. The number of rotatable bonds is 6. The molecular formula is C18H22ClFN3O2+. The molecule has 0 saturated carbocycles. The molecule has 134 valence electrons. The molecule has 0 aliphatic heterocycles. The van der Waals surface area contributed by atoms with Crippen LogP contribution in [0.3, 0.4) is 0 Å². The number of hydrogen-bond donors (Lipinski definition) is 3. The van der Waals surface area contributed by atoms with E-state index in [0.717, 1.165) is 4.90 Å². The molecule has 0 unspecified atom stereocenters. The summed E-state index contributed by atoms with van der Waals surface area (Å²) in [6.07, 6.45) is 2.99. The molecule has 2 aromatic rings. The number of aromatic hydroxyl groups is 1. The van der Waals surface area contributed by atoms with Crippen LogP contribution in [0.4, 0.5) is 4.39 Å². The van der Waals surface area contributed by atoms with Crippen LogP contribution in [0.15, 0.2) is 29.4 Å². The number of likely N-dealkylation sites (N-methyl/N-ethyl adjacent to an activating group) is 1. The first-order valence-corrected chi connectivity index (χ1v) is 8.26. The monoisotopic (exact) mass is 366 g/mol. The lowest BCUT2D eigenvalue weighted by Gasteiger charge is -2.21. The first-order valence-electron chi connectivity index (χ1n) is 7.88. The molecule has 7 heteroatoms. The van der Waals surface area contributed by atoms with Crippen LogP contribution < -0.4 is 4.90 Å². The summed E-state index contributed by atoms with van der Waals surface area (Å²) in [6, 6.07) is 4.31. The smallest absolute Gasteiger partial charge is 0.145 e. The van der Waals surface area contributed by atoms with Crippen LogP contribution in [0.25, 0.3) is 0 Å². The van der Waals surface area contributed by atoms with Crippen LogP contribution in [0.2, 0.25) is 5.02 Å². The van der Waals surface area contributed by atoms with Crippen LogP contribution in [0.1, 0.15) is 28.4 Å². The fourth-order valence-corrected chi connectivity index (χ4v) is 2.87. The normalized spacial score (nSPS) is 12.9. The van der Waals surface area contributed by atoms with Gasteiger partial charge in [-0.2, -0.15) is 0 Å². The minimum absolute atomic E-state index is 0.0204. The Morgan fingerprint density at radius 3 is 2.72 bits per heavy atom. The second-order valence-corrected chi connectivity index (χ2v) is 6.46. The first kappa shape index (κ1) is 19.3. The van der Waals surface area contributed by atoms with Gasteiger partial charge >= 0.3 is 0 Å². The van der Waals surface area contributed by atoms with Crippen LogP contribution >= 0.6 is 11.6 Å². The van der Waals surface area contributed by atoms with Gasteiger partial charge in [-0.1, -0.05) is 17.7 Å². The van der Waals surface area contributed by atoms with E-state index in [1.54, 1.807) is 19.1 Å². The van der Waals surface area contributed by atoms with Gasteiger partial charge in [-0.05, 0) is 19.1 Å². The van der Waals surface area contributed by atoms with Gasteiger partial charge < -0.3 is 15.1 Å². The summed E-state index contributed by atoms with van der Waals surface area (Å²) in [5.41, 5.74) is 1.76. The molecule has 0 saturated heterocycles. The van der Waals surface area contributed by atoms with Crippen LogP contribution in [0.5, 0.6) is 5.75 Å². The molecular weight excluding hydrogens is 345 g/mol. The van der Waals surface area contributed by atoms with Crippen molar-refractivity contribution >= 4 is 17.8 Å². The Kier molecular flexibility index (Phi) is 6.47. The van der Waals surface area contributed by atoms with E-state index in [0.29, 0.717) is 27.4 Å². The molecule has 1 aromatic heterocycles. The summed E-state index contributed by atoms with van der Waals surface area (Å²) in [5, 5.41) is 19.9. The highest BCUT2D eigenvalue weighted by Crippen LogP contribution is 2.25. The molecule has 2 rings (SSSR count). The van der Waals surface area contributed by atoms with E-state index in [1.807, 2.05) is 14.1 Å². The third-order valence-corrected chi connectivity index (χ3v) is 4.41. The predicted molar refractivity (Wildman–Crippen MR) is 96.0 cm³/mol. The van der Waals surface area contributed by atoms with Crippen LogP contribution in [-0.2, 0) is 6.61 Å². The fourth-order valence-electron chi connectivity index (χ4n) is 2.58. The molecule has 25 heavy (non-hydrogen) atoms. The number of nitrogens with zero attached hydrogens (tertiary/aromatic N) is 2. The predicted octanol–water partition coefficient (Wildman–Crippen LogP) is 1.69. The van der Waals surface area contributed by atoms with Gasteiger partial charge in [-0.15, -0.1) is 0 Å². The Morgan fingerprint density at radius 1 is 1.40 bits per heavy atom. The zero-order valence-corrected chi connectivity index (χ0v) is 15.2. The molecule has 0 spiro atoms. The van der Waals surface area contributed by atoms with Gasteiger partial charge in [0.1, 0.15) is 17.6 Å². The highest BCUT2D eigenvalue weighted by Gasteiger charge is 2.24. The number of aliphatic imine (C=N–C) groups is 1. The Bertz CT molecular complexity index is 761. The van der Waals surface area contributed by atoms with Crippen molar-refractivity contribution in [2.75, 3.05) is 20.6 Å². The van der Waals surface area contributed by atoms with E-state index in [9.17, 15) is 14.6 Å². The molecule has 3 N–H and O–H groups in total. The van der Waals surface area contributed by atoms with Gasteiger partial charge in [0, 0.05) is 23.5 Å². The summed E-state index contributed by atoms with van der Waals surface area (Å²) < 4.78 is 14.2. The summed E-state index contributed by atoms with van der Waals surface area (Å²) in [4.78, 5) is 9.35. The maximum atomic E-state index is 14.2. The summed E-state index contributed by atoms with van der Waals surface area (Å²) in [5.74, 6) is -0.388. The van der Waals surface area contributed by atoms with E-state index in [4.69, 9.17) is 11.6 Å². The van der Waals surface area contributed by atoms with Crippen molar-refractivity contribution < 1.29 is 19.5 Å². The molecule has 1 atom stereocenters. The molecule has 1 heterocycles. The summed E-state index contributed by atoms with van der Waals surface area (Å²) in [7, 11) is 3.80. The lowest BCUT2D eigenvalue weighted by atomic mass is 10.0. The topological polar surface area (TPSA) is 70.2 Å². The minimum Gasteiger partial charge on any atom is -0.505 e. The van der Waals surface area contributed by atoms with Crippen molar-refractivity contribution in [3.63, 3.8) is 0 Å². The summed E-state index contributed by atoms with van der Waals surface area (Å²) in [6.45, 7) is 1.68. The Labute approximate surface area is 151 Å². The van der Waals surface area contributed by atoms with E-state index < -0.39 is 0 Å². The standard InChI is InChI=1S/C18H21ClFN3O2/c1-11-18(25)13(12(10-24)7-22-11)8-21-9-16(23(2)3)17-14(19)5-4-6-15(17)20/h4-8,16,24-25H,9-10H2,1-3H3/p+1/t16-/m0/s1. The molecule has 0 fully saturated rings. The molecule has 5 nitrogen and oxygen atoms in total. The van der Waals surface area contributed by atoms with Gasteiger partial charge in [0.25, 0.3) is 0 Å². The quantitative estimate of drug-likeness (QED) is 0.681. The number of hydrogen-bond acceptors (Lipinski definition) is 4. The Morgan fingerprint density at radius 2 is 2.12 bits per heavy atom. The Hall–Kier alpha value is -2.02. The van der Waals surface area contributed by atoms with Gasteiger partial charge in [-0.25, -0.2) is 4.39 Å². The third-order valence-electron chi connectivity index (χ3n) is 4.08. The van der Waals surface area contributed by atoms with Crippen molar-refractivity contribution in [3.05, 3.63) is 57.6 Å². The molecule has 1 aromatic carbocycles. The average Bonchev–Trinajstić information content (AvgIpc) is 2.56. The van der Waals surface area contributed by atoms with Crippen molar-refractivity contribution in [3.8, 4) is 5.75 Å². The maximum Gasteiger partial charge on any atom is 0.145 e. The number of benzene rings is 1. The van der Waals surface area contributed by atoms with E-state index in [2.05, 4.69) is 9.98 Å². The number of aliphatic hydroxyl groups excluding tert-OH is 1. The van der Waals surface area contributed by atoms with E-state index >= 15 is 0 Å². The van der Waals surface area contributed by atoms with Gasteiger partial charge in [-0.3, -0.25) is 9.98 Å². The average molecular weight is 367 g/mol. The number of aromatic nitrogens is 1. The number of aryl methyl sites for hydroxylation is 1. The van der Waals surface area contributed by atoms with Gasteiger partial charge in [0.05, 0.1) is 43.5 Å². The van der Waals surface area contributed by atoms with Crippen molar-refractivity contribution in [1.82, 2.24) is 4.98 Å². The van der Waals surface area contributed by atoms with Gasteiger partial charge in [0.15, 0.2) is 0 Å². The van der Waals surface area contributed by atoms with Crippen molar-refractivity contribution in [1.29, 1.82) is 0 Å². The number of nitrogens with one attached hydrogen (secondary N) is 1. The van der Waals surface area contributed by atoms with Gasteiger partial charge in [0.2, 0.25) is 0 Å². The molecule has 0 bridgehead atoms. The fraction of sp³-hybridized carbons (Fsp3) is 0.333. The first-order chi connectivity index (χ1) is 11.9. The highest BCUT2D eigenvalue weighted by atomic mass is 35.5.